The summed E-state index contributed by atoms with van der Waals surface area (Å²) in [6.45, 7) is 7.42. The number of thioether (sulfide) groups is 1. The van der Waals surface area contributed by atoms with Gasteiger partial charge in [-0.25, -0.2) is 8.42 Å². The molecule has 1 aliphatic rings. The first-order valence-electron chi connectivity index (χ1n) is 11.7. The van der Waals surface area contributed by atoms with Crippen LogP contribution < -0.4 is 5.32 Å². The Kier molecular flexibility index (Phi) is 8.65. The SMILES string of the molecule is CSc1ccc([C@@H](C)NC(=O)CN(C2CCCCC2)S(=O)(=O)c2c(C)cc(C)cc2C)cc1. The molecule has 1 fully saturated rings. The van der Waals surface area contributed by atoms with E-state index in [-0.39, 0.29) is 24.5 Å². The third kappa shape index (κ3) is 6.19. The van der Waals surface area contributed by atoms with Crippen molar-refractivity contribution in [2.45, 2.75) is 81.7 Å². The maximum Gasteiger partial charge on any atom is 0.244 e. The van der Waals surface area contributed by atoms with Gasteiger partial charge in [-0.15, -0.1) is 11.8 Å². The first kappa shape index (κ1) is 25.8. The van der Waals surface area contributed by atoms with Crippen molar-refractivity contribution in [1.82, 2.24) is 9.62 Å². The number of hydrogen-bond donors (Lipinski definition) is 1. The number of carbonyl (C=O) groups is 1. The highest BCUT2D eigenvalue weighted by Crippen LogP contribution is 2.31. The summed E-state index contributed by atoms with van der Waals surface area (Å²) >= 11 is 1.67. The van der Waals surface area contributed by atoms with E-state index in [1.165, 1.54) is 4.31 Å². The van der Waals surface area contributed by atoms with Crippen LogP contribution in [0.15, 0.2) is 46.2 Å². The number of benzene rings is 2. The van der Waals surface area contributed by atoms with E-state index in [1.54, 1.807) is 11.8 Å². The van der Waals surface area contributed by atoms with Gasteiger partial charge in [-0.2, -0.15) is 4.31 Å². The minimum Gasteiger partial charge on any atom is -0.348 e. The third-order valence-corrected chi connectivity index (χ3v) is 9.39. The average molecular weight is 489 g/mol. The number of nitrogens with one attached hydrogen (secondary N) is 1. The van der Waals surface area contributed by atoms with E-state index in [1.807, 2.05) is 70.3 Å². The highest BCUT2D eigenvalue weighted by Gasteiger charge is 2.36. The van der Waals surface area contributed by atoms with E-state index in [0.29, 0.717) is 4.90 Å². The predicted molar refractivity (Wildman–Crippen MR) is 136 cm³/mol. The van der Waals surface area contributed by atoms with Crippen LogP contribution in [0.2, 0.25) is 0 Å². The highest BCUT2D eigenvalue weighted by atomic mass is 32.2. The van der Waals surface area contributed by atoms with Crippen LogP contribution >= 0.6 is 11.8 Å². The summed E-state index contributed by atoms with van der Waals surface area (Å²) in [7, 11) is -3.81. The first-order valence-corrected chi connectivity index (χ1v) is 14.3. The Hall–Kier alpha value is -1.83. The van der Waals surface area contributed by atoms with Gasteiger partial charge in [-0.3, -0.25) is 4.79 Å². The molecule has 0 heterocycles. The number of carbonyl (C=O) groups excluding carboxylic acids is 1. The molecule has 0 spiro atoms. The molecular weight excluding hydrogens is 452 g/mol. The van der Waals surface area contributed by atoms with Gasteiger partial charge in [-0.1, -0.05) is 49.1 Å². The molecule has 2 aromatic rings. The maximum absolute atomic E-state index is 13.9. The van der Waals surface area contributed by atoms with Gasteiger partial charge < -0.3 is 5.32 Å². The predicted octanol–water partition coefficient (Wildman–Crippen LogP) is 5.53. The lowest BCUT2D eigenvalue weighted by atomic mass is 9.95. The van der Waals surface area contributed by atoms with E-state index in [4.69, 9.17) is 0 Å². The van der Waals surface area contributed by atoms with Crippen molar-refractivity contribution < 1.29 is 13.2 Å². The Morgan fingerprint density at radius 3 is 2.18 bits per heavy atom. The summed E-state index contributed by atoms with van der Waals surface area (Å²) in [4.78, 5) is 14.6. The summed E-state index contributed by atoms with van der Waals surface area (Å²) in [5.41, 5.74) is 3.50. The number of sulfonamides is 1. The quantitative estimate of drug-likeness (QED) is 0.496. The van der Waals surface area contributed by atoms with Crippen molar-refractivity contribution in [3.05, 3.63) is 58.7 Å². The molecule has 1 N–H and O–H groups in total. The standard InChI is InChI=1S/C26H36N2O3S2/c1-18-15-19(2)26(20(3)16-18)33(30,31)28(23-9-7-6-8-10-23)17-25(29)27-21(4)22-11-13-24(32-5)14-12-22/h11-16,21,23H,6-10,17H2,1-5H3,(H,27,29)/t21-/m1/s1. The summed E-state index contributed by atoms with van der Waals surface area (Å²) in [5, 5.41) is 3.01. The molecule has 0 saturated heterocycles. The van der Waals surface area contributed by atoms with Crippen molar-refractivity contribution in [3.63, 3.8) is 0 Å². The van der Waals surface area contributed by atoms with Crippen LogP contribution in [-0.4, -0.2) is 37.5 Å². The zero-order chi connectivity index (χ0) is 24.2. The molecule has 180 valence electrons. The second-order valence-corrected chi connectivity index (χ2v) is 11.8. The lowest BCUT2D eigenvalue weighted by molar-refractivity contribution is -0.122. The Labute approximate surface area is 203 Å². The van der Waals surface area contributed by atoms with Gasteiger partial charge >= 0.3 is 0 Å². The average Bonchev–Trinajstić information content (AvgIpc) is 2.77. The zero-order valence-corrected chi connectivity index (χ0v) is 22.0. The van der Waals surface area contributed by atoms with Crippen molar-refractivity contribution in [2.75, 3.05) is 12.8 Å². The molecule has 7 heteroatoms. The van der Waals surface area contributed by atoms with Crippen LogP contribution in [0.4, 0.5) is 0 Å². The molecule has 0 radical (unpaired) electrons. The first-order chi connectivity index (χ1) is 15.6. The van der Waals surface area contributed by atoms with Gasteiger partial charge in [0.2, 0.25) is 15.9 Å². The number of hydrogen-bond acceptors (Lipinski definition) is 4. The van der Waals surface area contributed by atoms with E-state index < -0.39 is 10.0 Å². The molecule has 0 aromatic heterocycles. The normalized spacial score (nSPS) is 16.1. The van der Waals surface area contributed by atoms with Gasteiger partial charge in [0.1, 0.15) is 0 Å². The van der Waals surface area contributed by atoms with Gasteiger partial charge in [0.25, 0.3) is 0 Å². The minimum absolute atomic E-state index is 0.147. The molecule has 3 rings (SSSR count). The summed E-state index contributed by atoms with van der Waals surface area (Å²) in [5.74, 6) is -0.270. The summed E-state index contributed by atoms with van der Waals surface area (Å²) in [6, 6.07) is 11.5. The van der Waals surface area contributed by atoms with E-state index in [2.05, 4.69) is 5.32 Å². The number of nitrogens with zero attached hydrogens (tertiary/aromatic N) is 1. The Balaban J connectivity index is 1.85. The second kappa shape index (κ2) is 11.1. The molecule has 1 aliphatic carbocycles. The Morgan fingerprint density at radius 2 is 1.64 bits per heavy atom. The summed E-state index contributed by atoms with van der Waals surface area (Å²) in [6.07, 6.45) is 6.70. The van der Waals surface area contributed by atoms with Crippen molar-refractivity contribution in [1.29, 1.82) is 0 Å². The van der Waals surface area contributed by atoms with Gasteiger partial charge in [0, 0.05) is 10.9 Å². The fourth-order valence-electron chi connectivity index (χ4n) is 4.87. The molecule has 0 aliphatic heterocycles. The highest BCUT2D eigenvalue weighted by molar-refractivity contribution is 7.98. The van der Waals surface area contributed by atoms with Crippen molar-refractivity contribution in [3.8, 4) is 0 Å². The molecule has 1 atom stereocenters. The van der Waals surface area contributed by atoms with Gasteiger partial charge in [-0.05, 0) is 75.6 Å². The smallest absolute Gasteiger partial charge is 0.244 e. The van der Waals surface area contributed by atoms with E-state index in [0.717, 1.165) is 59.3 Å². The lowest BCUT2D eigenvalue weighted by Crippen LogP contribution is -2.47. The Bertz CT molecular complexity index is 1050. The third-order valence-electron chi connectivity index (χ3n) is 6.45. The molecule has 1 saturated carbocycles. The van der Waals surface area contributed by atoms with Crippen LogP contribution in [0.3, 0.4) is 0 Å². The van der Waals surface area contributed by atoms with E-state index >= 15 is 0 Å². The van der Waals surface area contributed by atoms with Gasteiger partial charge in [0.05, 0.1) is 17.5 Å². The van der Waals surface area contributed by atoms with Crippen molar-refractivity contribution >= 4 is 27.7 Å². The molecule has 2 aromatic carbocycles. The fourth-order valence-corrected chi connectivity index (χ4v) is 7.34. The number of aryl methyl sites for hydroxylation is 3. The van der Waals surface area contributed by atoms with Crippen LogP contribution in [0.5, 0.6) is 0 Å². The molecule has 0 bridgehead atoms. The molecule has 5 nitrogen and oxygen atoms in total. The number of rotatable bonds is 8. The lowest BCUT2D eigenvalue weighted by Gasteiger charge is -2.34. The maximum atomic E-state index is 13.9. The van der Waals surface area contributed by atoms with Gasteiger partial charge in [0.15, 0.2) is 0 Å². The van der Waals surface area contributed by atoms with Crippen LogP contribution in [0.1, 0.15) is 67.3 Å². The van der Waals surface area contributed by atoms with Crippen molar-refractivity contribution in [2.24, 2.45) is 0 Å². The Morgan fingerprint density at radius 1 is 1.06 bits per heavy atom. The second-order valence-electron chi connectivity index (χ2n) is 9.13. The molecular formula is C26H36N2O3S2. The zero-order valence-electron chi connectivity index (χ0n) is 20.3. The minimum atomic E-state index is -3.81. The van der Waals surface area contributed by atoms with E-state index in [9.17, 15) is 13.2 Å². The topological polar surface area (TPSA) is 66.5 Å². The molecule has 0 unspecified atom stereocenters. The van der Waals surface area contributed by atoms with Crippen LogP contribution in [-0.2, 0) is 14.8 Å². The molecule has 33 heavy (non-hydrogen) atoms. The monoisotopic (exact) mass is 488 g/mol. The number of amides is 1. The van der Waals surface area contributed by atoms with Crippen LogP contribution in [0, 0.1) is 20.8 Å². The fraction of sp³-hybridized carbons (Fsp3) is 0.500. The summed E-state index contributed by atoms with van der Waals surface area (Å²) < 4.78 is 29.2. The van der Waals surface area contributed by atoms with Crippen LogP contribution in [0.25, 0.3) is 0 Å². The molecule has 1 amide bonds. The largest absolute Gasteiger partial charge is 0.348 e.